The monoisotopic (exact) mass is 808 g/mol. The Morgan fingerprint density at radius 1 is 0.966 bits per heavy atom. The van der Waals surface area contributed by atoms with Crippen LogP contribution < -0.4 is 18.9 Å². The molecule has 0 aromatic heterocycles. The number of hydrogen-bond donors (Lipinski definition) is 2. The Morgan fingerprint density at radius 3 is 2.46 bits per heavy atom. The number of ether oxygens (including phenoxy) is 5. The number of likely N-dealkylation sites (N-methyl/N-ethyl adjacent to an activating group) is 1. The zero-order chi connectivity index (χ0) is 41.7. The summed E-state index contributed by atoms with van der Waals surface area (Å²) < 4.78 is 31.9. The fourth-order valence-electron chi connectivity index (χ4n) is 9.15. The minimum Gasteiger partial charge on any atom is -0.459 e. The van der Waals surface area contributed by atoms with E-state index in [1.54, 1.807) is 54.4 Å². The molecule has 1 fully saturated rings. The number of oxime groups is 1. The minimum atomic E-state index is -1.41. The van der Waals surface area contributed by atoms with Crippen LogP contribution in [-0.2, 0) is 9.57 Å². The second kappa shape index (κ2) is 18.0. The van der Waals surface area contributed by atoms with Gasteiger partial charge >= 0.3 is 0 Å². The molecule has 0 bridgehead atoms. The molecule has 0 saturated heterocycles. The van der Waals surface area contributed by atoms with Crippen molar-refractivity contribution >= 4 is 17.9 Å². The molecule has 0 unspecified atom stereocenters. The van der Waals surface area contributed by atoms with Gasteiger partial charge in [-0.2, -0.15) is 0 Å². The number of unbranched alkanes of at least 4 members (excludes halogenated alkanes) is 2. The van der Waals surface area contributed by atoms with Crippen molar-refractivity contribution in [2.75, 3.05) is 33.7 Å². The third kappa shape index (κ3) is 8.76. The first-order valence-corrected chi connectivity index (χ1v) is 20.7. The van der Waals surface area contributed by atoms with Gasteiger partial charge in [-0.3, -0.25) is 9.59 Å². The highest BCUT2D eigenvalue weighted by atomic mass is 16.7. The van der Waals surface area contributed by atoms with Crippen LogP contribution >= 0.6 is 0 Å². The van der Waals surface area contributed by atoms with Gasteiger partial charge in [-0.05, 0) is 112 Å². The zero-order valence-corrected chi connectivity index (χ0v) is 34.4. The van der Waals surface area contributed by atoms with Crippen LogP contribution in [0.5, 0.6) is 28.7 Å². The highest BCUT2D eigenvalue weighted by Crippen LogP contribution is 2.62. The largest absolute Gasteiger partial charge is 0.459 e. The van der Waals surface area contributed by atoms with E-state index in [0.717, 1.165) is 43.1 Å². The number of fused-ring (bicyclic) bond motifs is 3. The van der Waals surface area contributed by atoms with Gasteiger partial charge in [0.2, 0.25) is 12.6 Å². The van der Waals surface area contributed by atoms with Crippen LogP contribution in [0.25, 0.3) is 0 Å². The molecular weight excluding hydrogens is 753 g/mol. The number of benzene rings is 3. The lowest BCUT2D eigenvalue weighted by Gasteiger charge is -2.59. The summed E-state index contributed by atoms with van der Waals surface area (Å²) in [5.41, 5.74) is 2.88. The molecule has 314 valence electrons. The predicted molar refractivity (Wildman–Crippen MR) is 222 cm³/mol. The van der Waals surface area contributed by atoms with Crippen molar-refractivity contribution in [1.29, 1.82) is 0 Å². The minimum absolute atomic E-state index is 0.0374. The number of hydrogen-bond acceptors (Lipinski definition) is 11. The van der Waals surface area contributed by atoms with E-state index in [-0.39, 0.29) is 56.7 Å². The number of carbonyl (C=O) groups excluding carboxylic acids is 2. The lowest BCUT2D eigenvalue weighted by Crippen LogP contribution is -2.69. The number of carbonyl (C=O) groups is 2. The molecular formula is C47H56N2O10. The third-order valence-corrected chi connectivity index (χ3v) is 11.7. The van der Waals surface area contributed by atoms with Gasteiger partial charge in [0.1, 0.15) is 35.2 Å². The first kappa shape index (κ1) is 42.0. The number of aldehydes is 1. The molecule has 6 atom stereocenters. The van der Waals surface area contributed by atoms with E-state index in [1.807, 2.05) is 45.0 Å². The molecule has 3 aromatic rings. The van der Waals surface area contributed by atoms with Crippen LogP contribution in [0.4, 0.5) is 0 Å². The molecule has 1 saturated carbocycles. The van der Waals surface area contributed by atoms with Crippen molar-refractivity contribution in [2.24, 2.45) is 22.9 Å². The average molecular weight is 809 g/mol. The van der Waals surface area contributed by atoms with Crippen LogP contribution in [0.1, 0.15) is 97.9 Å². The summed E-state index contributed by atoms with van der Waals surface area (Å²) in [6.45, 7) is 10.3. The fraction of sp³-hybridized carbons (Fsp3) is 0.468. The molecule has 2 aliphatic heterocycles. The summed E-state index contributed by atoms with van der Waals surface area (Å²) in [4.78, 5) is 34.2. The normalized spacial score (nSPS) is 24.6. The highest BCUT2D eigenvalue weighted by molar-refractivity contribution is 6.03. The summed E-state index contributed by atoms with van der Waals surface area (Å²) in [6.07, 6.45) is 9.59. The Bertz CT molecular complexity index is 2070. The molecule has 1 amide bonds. The van der Waals surface area contributed by atoms with Gasteiger partial charge in [-0.1, -0.05) is 42.3 Å². The van der Waals surface area contributed by atoms with Crippen molar-refractivity contribution in [1.82, 2.24) is 4.90 Å². The maximum absolute atomic E-state index is 14.7. The SMILES string of the molecule is C=CCO[C@@]12Oc3ccc(Oc4cccc(C=O)c4)cc3[C@H]3[C@H](CCCCO)[C@@H](CCCCO)C=C(C(=NOC(C)(C)C)C[C@@H]1N(C)C(=O)c1ccc4c(c1)OCO4)[C@H]32. The van der Waals surface area contributed by atoms with Crippen LogP contribution in [-0.4, -0.2) is 84.1 Å². The molecule has 0 radical (unpaired) electrons. The van der Waals surface area contributed by atoms with E-state index >= 15 is 0 Å². The topological polar surface area (TPSA) is 146 Å². The van der Waals surface area contributed by atoms with Gasteiger partial charge in [0.25, 0.3) is 5.91 Å². The smallest absolute Gasteiger partial charge is 0.254 e. The van der Waals surface area contributed by atoms with Crippen molar-refractivity contribution in [2.45, 2.75) is 89.1 Å². The number of aliphatic hydroxyl groups is 2. The molecule has 7 rings (SSSR count). The van der Waals surface area contributed by atoms with Crippen molar-refractivity contribution < 1.29 is 48.3 Å². The number of aliphatic hydroxyl groups excluding tert-OH is 2. The van der Waals surface area contributed by atoms with Crippen LogP contribution in [0.15, 0.2) is 90.1 Å². The first-order valence-electron chi connectivity index (χ1n) is 20.7. The maximum Gasteiger partial charge on any atom is 0.254 e. The molecule has 2 N–H and O–H groups in total. The van der Waals surface area contributed by atoms with Crippen molar-refractivity contribution in [3.8, 4) is 28.7 Å². The Morgan fingerprint density at radius 2 is 1.71 bits per heavy atom. The van der Waals surface area contributed by atoms with E-state index in [9.17, 15) is 19.8 Å². The van der Waals surface area contributed by atoms with Crippen molar-refractivity contribution in [3.63, 3.8) is 0 Å². The van der Waals surface area contributed by atoms with Crippen molar-refractivity contribution in [3.05, 3.63) is 102 Å². The van der Waals surface area contributed by atoms with Crippen LogP contribution in [0.2, 0.25) is 0 Å². The standard InChI is InChI=1S/C47H56N2O10/c1-6-22-56-47-42(49(5)45(53)32-16-18-40-41(25-32)55-29-54-40)27-38(48-59-46(2,3)4)36-24-31(13-7-9-20-50)35(15-8-10-21-51)43(44(36)47)37-26-34(17-19-39(37)58-47)57-33-14-11-12-30(23-33)28-52/h6,11-12,14,16-19,23-26,28,31,35,42-44,50-51H,1,7-10,13,15,20-22,27,29H2,2-5H3/t31-,35+,42-,43+,44+,47+/m0/s1. The number of amides is 1. The van der Waals surface area contributed by atoms with E-state index in [2.05, 4.69) is 12.7 Å². The maximum atomic E-state index is 14.7. The molecule has 59 heavy (non-hydrogen) atoms. The summed E-state index contributed by atoms with van der Waals surface area (Å²) in [5, 5.41) is 24.7. The van der Waals surface area contributed by atoms with Crippen LogP contribution in [0.3, 0.4) is 0 Å². The molecule has 12 heteroatoms. The van der Waals surface area contributed by atoms with E-state index in [0.29, 0.717) is 58.4 Å². The predicted octanol–water partition coefficient (Wildman–Crippen LogP) is 8.22. The Hall–Kier alpha value is -5.17. The van der Waals surface area contributed by atoms with Gasteiger partial charge in [0, 0.05) is 49.3 Å². The second-order valence-corrected chi connectivity index (χ2v) is 16.8. The van der Waals surface area contributed by atoms with E-state index in [1.165, 1.54) is 0 Å². The molecule has 4 aliphatic rings. The zero-order valence-electron chi connectivity index (χ0n) is 34.4. The van der Waals surface area contributed by atoms with Gasteiger partial charge in [0.15, 0.2) is 11.5 Å². The number of nitrogens with zero attached hydrogens (tertiary/aromatic N) is 2. The summed E-state index contributed by atoms with van der Waals surface area (Å²) in [6, 6.07) is 17.2. The second-order valence-electron chi connectivity index (χ2n) is 16.8. The summed E-state index contributed by atoms with van der Waals surface area (Å²) in [7, 11) is 1.77. The molecule has 12 nitrogen and oxygen atoms in total. The summed E-state index contributed by atoms with van der Waals surface area (Å²) in [5.74, 6) is 0.496. The lowest BCUT2D eigenvalue weighted by molar-refractivity contribution is -0.252. The molecule has 2 aliphatic carbocycles. The third-order valence-electron chi connectivity index (χ3n) is 11.7. The average Bonchev–Trinajstić information content (AvgIpc) is 3.71. The Labute approximate surface area is 346 Å². The molecule has 3 aromatic carbocycles. The van der Waals surface area contributed by atoms with Gasteiger partial charge in [-0.15, -0.1) is 6.58 Å². The first-order chi connectivity index (χ1) is 28.5. The van der Waals surface area contributed by atoms with E-state index < -0.39 is 23.3 Å². The molecule has 0 spiro atoms. The molecule has 2 heterocycles. The highest BCUT2D eigenvalue weighted by Gasteiger charge is 2.65. The number of allylic oxidation sites excluding steroid dienone is 1. The van der Waals surface area contributed by atoms with Gasteiger partial charge < -0.3 is 43.6 Å². The Balaban J connectivity index is 1.43. The van der Waals surface area contributed by atoms with Gasteiger partial charge in [-0.25, -0.2) is 0 Å². The van der Waals surface area contributed by atoms with Gasteiger partial charge in [0.05, 0.1) is 18.2 Å². The van der Waals surface area contributed by atoms with E-state index in [4.69, 9.17) is 33.7 Å². The summed E-state index contributed by atoms with van der Waals surface area (Å²) >= 11 is 0. The quantitative estimate of drug-likeness (QED) is 0.0592. The lowest BCUT2D eigenvalue weighted by atomic mass is 9.55. The Kier molecular flexibility index (Phi) is 12.8. The van der Waals surface area contributed by atoms with Crippen LogP contribution in [0, 0.1) is 17.8 Å². The number of rotatable bonds is 17. The fourth-order valence-corrected chi connectivity index (χ4v) is 9.15.